The molecule has 1 fully saturated rings. The number of aromatic nitrogens is 2. The number of nitrogens with zero attached hydrogens (tertiary/aromatic N) is 2. The molecule has 0 amide bonds. The summed E-state index contributed by atoms with van der Waals surface area (Å²) in [5.74, 6) is 3.42. The number of hydrogen-bond donors (Lipinski definition) is 1. The van der Waals surface area contributed by atoms with Gasteiger partial charge in [-0.15, -0.1) is 11.8 Å². The predicted octanol–water partition coefficient (Wildman–Crippen LogP) is 2.46. The second-order valence-corrected chi connectivity index (χ2v) is 7.04. The van der Waals surface area contributed by atoms with E-state index in [0.717, 1.165) is 22.8 Å². The smallest absolute Gasteiger partial charge is 0.142 e. The lowest BCUT2D eigenvalue weighted by Gasteiger charge is -2.27. The van der Waals surface area contributed by atoms with Crippen molar-refractivity contribution in [1.82, 2.24) is 9.97 Å². The van der Waals surface area contributed by atoms with Gasteiger partial charge in [-0.1, -0.05) is 6.92 Å². The van der Waals surface area contributed by atoms with Crippen LogP contribution in [-0.2, 0) is 6.54 Å². The number of rotatable bonds is 2. The van der Waals surface area contributed by atoms with Crippen LogP contribution in [0.3, 0.4) is 0 Å². The van der Waals surface area contributed by atoms with Crippen molar-refractivity contribution in [3.8, 4) is 0 Å². The summed E-state index contributed by atoms with van der Waals surface area (Å²) in [6, 6.07) is 0. The van der Waals surface area contributed by atoms with Crippen molar-refractivity contribution in [3.63, 3.8) is 0 Å². The van der Waals surface area contributed by atoms with Crippen LogP contribution in [0.15, 0.2) is 0 Å². The molecule has 0 radical (unpaired) electrons. The molecule has 1 saturated heterocycles. The molecule has 1 aromatic rings. The third-order valence-corrected chi connectivity index (χ3v) is 6.17. The van der Waals surface area contributed by atoms with Crippen molar-refractivity contribution in [3.05, 3.63) is 22.8 Å². The van der Waals surface area contributed by atoms with E-state index >= 15 is 0 Å². The van der Waals surface area contributed by atoms with Gasteiger partial charge in [0, 0.05) is 40.3 Å². The molecular formula is C12H19N3S2. The average molecular weight is 269 g/mol. The molecule has 2 atom stereocenters. The molecule has 5 heteroatoms. The van der Waals surface area contributed by atoms with Gasteiger partial charge in [0.2, 0.25) is 0 Å². The van der Waals surface area contributed by atoms with Gasteiger partial charge in [0.25, 0.3) is 0 Å². The molecule has 0 spiro atoms. The van der Waals surface area contributed by atoms with Crippen molar-refractivity contribution in [1.29, 1.82) is 0 Å². The Morgan fingerprint density at radius 2 is 1.76 bits per heavy atom. The Morgan fingerprint density at radius 1 is 1.18 bits per heavy atom. The topological polar surface area (TPSA) is 51.8 Å². The van der Waals surface area contributed by atoms with Gasteiger partial charge in [0.05, 0.1) is 5.25 Å². The van der Waals surface area contributed by atoms with Gasteiger partial charge < -0.3 is 5.73 Å². The van der Waals surface area contributed by atoms with Gasteiger partial charge in [-0.3, -0.25) is 0 Å². The Morgan fingerprint density at radius 3 is 2.29 bits per heavy atom. The first-order chi connectivity index (χ1) is 8.13. The van der Waals surface area contributed by atoms with Crippen molar-refractivity contribution >= 4 is 23.5 Å². The molecule has 2 N–H and O–H groups in total. The minimum Gasteiger partial charge on any atom is -0.326 e. The first-order valence-electron chi connectivity index (χ1n) is 5.90. The van der Waals surface area contributed by atoms with E-state index in [9.17, 15) is 0 Å². The van der Waals surface area contributed by atoms with Gasteiger partial charge in [-0.25, -0.2) is 9.97 Å². The summed E-state index contributed by atoms with van der Waals surface area (Å²) in [6.07, 6.45) is 0. The summed E-state index contributed by atoms with van der Waals surface area (Å²) in [5.41, 5.74) is 8.89. The lowest BCUT2D eigenvalue weighted by molar-refractivity contribution is 0.788. The summed E-state index contributed by atoms with van der Waals surface area (Å²) in [7, 11) is 0. The summed E-state index contributed by atoms with van der Waals surface area (Å²) < 4.78 is 0. The van der Waals surface area contributed by atoms with E-state index in [4.69, 9.17) is 5.73 Å². The van der Waals surface area contributed by atoms with Gasteiger partial charge in [0.1, 0.15) is 5.82 Å². The van der Waals surface area contributed by atoms with Crippen LogP contribution < -0.4 is 5.73 Å². The average Bonchev–Trinajstić information content (AvgIpc) is 2.29. The normalized spacial score (nSPS) is 24.9. The zero-order valence-corrected chi connectivity index (χ0v) is 12.2. The second-order valence-electron chi connectivity index (χ2n) is 4.30. The largest absolute Gasteiger partial charge is 0.326 e. The molecule has 0 aliphatic carbocycles. The molecular weight excluding hydrogens is 250 g/mol. The number of aryl methyl sites for hydroxylation is 2. The van der Waals surface area contributed by atoms with E-state index in [1.807, 2.05) is 37.4 Å². The minimum absolute atomic E-state index is 0.429. The Labute approximate surface area is 111 Å². The summed E-state index contributed by atoms with van der Waals surface area (Å²) >= 11 is 4.00. The van der Waals surface area contributed by atoms with Crippen LogP contribution in [0.5, 0.6) is 0 Å². The number of nitrogens with two attached hydrogens (primary N) is 1. The van der Waals surface area contributed by atoms with Crippen molar-refractivity contribution in [2.24, 2.45) is 5.73 Å². The molecule has 2 heterocycles. The Hall–Kier alpha value is -0.260. The van der Waals surface area contributed by atoms with Crippen LogP contribution in [0.2, 0.25) is 0 Å². The fourth-order valence-corrected chi connectivity index (χ4v) is 4.79. The second kappa shape index (κ2) is 5.59. The van der Waals surface area contributed by atoms with E-state index in [-0.39, 0.29) is 0 Å². The predicted molar refractivity (Wildman–Crippen MR) is 76.5 cm³/mol. The Kier molecular flexibility index (Phi) is 4.33. The molecule has 17 heavy (non-hydrogen) atoms. The van der Waals surface area contributed by atoms with E-state index < -0.39 is 0 Å². The van der Waals surface area contributed by atoms with Gasteiger partial charge in [-0.05, 0) is 13.8 Å². The number of hydrogen-bond acceptors (Lipinski definition) is 5. The maximum absolute atomic E-state index is 5.72. The lowest BCUT2D eigenvalue weighted by Crippen LogP contribution is -2.20. The molecule has 1 aromatic heterocycles. The molecule has 1 aliphatic rings. The molecule has 1 aliphatic heterocycles. The summed E-state index contributed by atoms with van der Waals surface area (Å²) in [5, 5.41) is 1.02. The molecule has 2 unspecified atom stereocenters. The Bertz CT molecular complexity index is 386. The van der Waals surface area contributed by atoms with Gasteiger partial charge >= 0.3 is 0 Å². The van der Waals surface area contributed by atoms with Crippen molar-refractivity contribution in [2.45, 2.75) is 37.8 Å². The monoisotopic (exact) mass is 269 g/mol. The molecule has 2 rings (SSSR count). The third kappa shape index (κ3) is 2.77. The fraction of sp³-hybridized carbons (Fsp3) is 0.667. The standard InChI is InChI=1S/C12H19N3S2/c1-7-10(6-13)8(2)15-12(14-7)11-9(3)16-4-5-17-11/h9,11H,4-6,13H2,1-3H3. The zero-order valence-electron chi connectivity index (χ0n) is 10.6. The highest BCUT2D eigenvalue weighted by Crippen LogP contribution is 2.41. The maximum atomic E-state index is 5.72. The van der Waals surface area contributed by atoms with E-state index in [2.05, 4.69) is 16.9 Å². The highest BCUT2D eigenvalue weighted by atomic mass is 32.2. The molecule has 94 valence electrons. The van der Waals surface area contributed by atoms with Crippen LogP contribution in [0.4, 0.5) is 0 Å². The summed E-state index contributed by atoms with van der Waals surface area (Å²) in [6.45, 7) is 6.86. The Balaban J connectivity index is 2.32. The highest BCUT2D eigenvalue weighted by Gasteiger charge is 2.27. The number of thioether (sulfide) groups is 2. The van der Waals surface area contributed by atoms with E-state index in [0.29, 0.717) is 17.0 Å². The van der Waals surface area contributed by atoms with E-state index in [1.165, 1.54) is 11.5 Å². The zero-order chi connectivity index (χ0) is 12.4. The van der Waals surface area contributed by atoms with Crippen LogP contribution >= 0.6 is 23.5 Å². The maximum Gasteiger partial charge on any atom is 0.142 e. The lowest BCUT2D eigenvalue weighted by atomic mass is 10.1. The first kappa shape index (κ1) is 13.2. The van der Waals surface area contributed by atoms with Crippen LogP contribution in [0, 0.1) is 13.8 Å². The fourth-order valence-electron chi connectivity index (χ4n) is 2.10. The van der Waals surface area contributed by atoms with Gasteiger partial charge in [0.15, 0.2) is 0 Å². The SMILES string of the molecule is Cc1nc(C2SCCSC2C)nc(C)c1CN. The summed E-state index contributed by atoms with van der Waals surface area (Å²) in [4.78, 5) is 9.31. The molecule has 3 nitrogen and oxygen atoms in total. The van der Waals surface area contributed by atoms with Crippen LogP contribution in [0.25, 0.3) is 0 Å². The quantitative estimate of drug-likeness (QED) is 0.894. The van der Waals surface area contributed by atoms with Gasteiger partial charge in [-0.2, -0.15) is 11.8 Å². The minimum atomic E-state index is 0.429. The van der Waals surface area contributed by atoms with E-state index in [1.54, 1.807) is 0 Å². The molecule has 0 bridgehead atoms. The van der Waals surface area contributed by atoms with Crippen LogP contribution in [-0.4, -0.2) is 26.7 Å². The first-order valence-corrected chi connectivity index (χ1v) is 8.00. The highest BCUT2D eigenvalue weighted by molar-refractivity contribution is 8.06. The third-order valence-electron chi connectivity index (χ3n) is 3.08. The molecule has 0 saturated carbocycles. The van der Waals surface area contributed by atoms with Crippen molar-refractivity contribution < 1.29 is 0 Å². The van der Waals surface area contributed by atoms with Crippen LogP contribution in [0.1, 0.15) is 34.9 Å². The molecule has 0 aromatic carbocycles. The van der Waals surface area contributed by atoms with Crippen molar-refractivity contribution in [2.75, 3.05) is 11.5 Å².